The quantitative estimate of drug-likeness (QED) is 0.306. The molecule has 29 heavy (non-hydrogen) atoms. The lowest BCUT2D eigenvalue weighted by Crippen LogP contribution is -2.13. The number of aromatic carboxylic acids is 1. The molecule has 1 N–H and O–H groups in total. The van der Waals surface area contributed by atoms with Crippen molar-refractivity contribution >= 4 is 23.5 Å². The maximum absolute atomic E-state index is 12.5. The Hall–Kier alpha value is -3.54. The Bertz CT molecular complexity index is 983. The van der Waals surface area contributed by atoms with Crippen molar-refractivity contribution in [3.63, 3.8) is 0 Å². The fourth-order valence-corrected chi connectivity index (χ4v) is 2.73. The van der Waals surface area contributed by atoms with Gasteiger partial charge in [0.05, 0.1) is 16.7 Å². The molecule has 2 aromatic rings. The van der Waals surface area contributed by atoms with E-state index >= 15 is 0 Å². The Kier molecular flexibility index (Phi) is 7.20. The summed E-state index contributed by atoms with van der Waals surface area (Å²) in [5.74, 6) is -2.53. The Labute approximate surface area is 168 Å². The van der Waals surface area contributed by atoms with Gasteiger partial charge in [-0.1, -0.05) is 31.2 Å². The number of carbonyl (C=O) groups is 4. The molecule has 0 saturated carbocycles. The van der Waals surface area contributed by atoms with Crippen LogP contribution in [0.15, 0.2) is 48.6 Å². The molecule has 0 aliphatic heterocycles. The summed E-state index contributed by atoms with van der Waals surface area (Å²) in [6.45, 7) is 4.69. The number of allylic oxidation sites excluding steroid dienone is 2. The largest absolute Gasteiger partial charge is 0.478 e. The summed E-state index contributed by atoms with van der Waals surface area (Å²) >= 11 is 0. The van der Waals surface area contributed by atoms with Crippen LogP contribution in [0.1, 0.15) is 74.2 Å². The molecule has 0 aromatic heterocycles. The van der Waals surface area contributed by atoms with Crippen LogP contribution in [0.4, 0.5) is 0 Å². The van der Waals surface area contributed by atoms with E-state index in [-0.39, 0.29) is 34.0 Å². The monoisotopic (exact) mass is 394 g/mol. The number of carboxylic acid groups (broad SMARTS) is 1. The lowest BCUT2D eigenvalue weighted by molar-refractivity contribution is 0.0685. The summed E-state index contributed by atoms with van der Waals surface area (Å²) < 4.78 is 5.34. The first-order valence-electron chi connectivity index (χ1n) is 9.13. The smallest absolute Gasteiger partial charge is 0.343 e. The number of carbonyl (C=O) groups excluding carboxylic acids is 3. The first kappa shape index (κ1) is 21.8. The molecule has 150 valence electrons. The Morgan fingerprint density at radius 1 is 0.897 bits per heavy atom. The van der Waals surface area contributed by atoms with E-state index in [1.807, 2.05) is 19.1 Å². The third-order valence-corrected chi connectivity index (χ3v) is 4.29. The number of ketones is 2. The summed E-state index contributed by atoms with van der Waals surface area (Å²) in [5, 5.41) is 9.53. The van der Waals surface area contributed by atoms with Crippen molar-refractivity contribution in [2.45, 2.75) is 33.6 Å². The molecule has 2 rings (SSSR count). The minimum atomic E-state index is -1.18. The van der Waals surface area contributed by atoms with Crippen molar-refractivity contribution in [3.8, 4) is 5.75 Å². The predicted octanol–water partition coefficient (Wildman–Crippen LogP) is 4.52. The van der Waals surface area contributed by atoms with Crippen LogP contribution in [0.25, 0.3) is 0 Å². The van der Waals surface area contributed by atoms with Gasteiger partial charge in [0.25, 0.3) is 0 Å². The second-order valence-electron chi connectivity index (χ2n) is 6.47. The van der Waals surface area contributed by atoms with Gasteiger partial charge < -0.3 is 9.84 Å². The molecule has 0 atom stereocenters. The number of hydrogen-bond donors (Lipinski definition) is 1. The van der Waals surface area contributed by atoms with Gasteiger partial charge in [-0.15, -0.1) is 0 Å². The van der Waals surface area contributed by atoms with Crippen molar-refractivity contribution in [2.75, 3.05) is 0 Å². The van der Waals surface area contributed by atoms with E-state index < -0.39 is 11.9 Å². The van der Waals surface area contributed by atoms with Gasteiger partial charge in [0.15, 0.2) is 11.6 Å². The first-order chi connectivity index (χ1) is 13.7. The van der Waals surface area contributed by atoms with Gasteiger partial charge in [-0.2, -0.15) is 0 Å². The van der Waals surface area contributed by atoms with E-state index in [2.05, 4.69) is 0 Å². The molecular formula is C23H22O6. The predicted molar refractivity (Wildman–Crippen MR) is 108 cm³/mol. The third kappa shape index (κ3) is 5.48. The highest BCUT2D eigenvalue weighted by Gasteiger charge is 2.20. The zero-order valence-electron chi connectivity index (χ0n) is 16.5. The minimum Gasteiger partial charge on any atom is -0.478 e. The van der Waals surface area contributed by atoms with Gasteiger partial charge in [-0.3, -0.25) is 9.59 Å². The van der Waals surface area contributed by atoms with E-state index in [0.717, 1.165) is 6.42 Å². The molecule has 6 heteroatoms. The molecular weight excluding hydrogens is 372 g/mol. The highest BCUT2D eigenvalue weighted by Crippen LogP contribution is 2.26. The number of esters is 1. The summed E-state index contributed by atoms with van der Waals surface area (Å²) in [5.41, 5.74) is 1.17. The Balaban J connectivity index is 2.42. The number of ether oxygens (including phenoxy) is 1. The Morgan fingerprint density at radius 2 is 1.52 bits per heavy atom. The van der Waals surface area contributed by atoms with Gasteiger partial charge >= 0.3 is 11.9 Å². The van der Waals surface area contributed by atoms with Gasteiger partial charge in [-0.25, -0.2) is 9.59 Å². The van der Waals surface area contributed by atoms with Gasteiger partial charge in [0.1, 0.15) is 5.75 Å². The number of carboxylic acids is 1. The van der Waals surface area contributed by atoms with E-state index in [4.69, 9.17) is 4.74 Å². The summed E-state index contributed by atoms with van der Waals surface area (Å²) in [7, 11) is 0. The second kappa shape index (κ2) is 9.59. The average molecular weight is 394 g/mol. The normalized spacial score (nSPS) is 10.7. The fourth-order valence-electron chi connectivity index (χ4n) is 2.73. The van der Waals surface area contributed by atoms with E-state index in [1.54, 1.807) is 0 Å². The van der Waals surface area contributed by atoms with Crippen molar-refractivity contribution in [1.82, 2.24) is 0 Å². The second-order valence-corrected chi connectivity index (χ2v) is 6.47. The summed E-state index contributed by atoms with van der Waals surface area (Å²) in [6.07, 6.45) is 4.88. The summed E-state index contributed by atoms with van der Waals surface area (Å²) in [4.78, 5) is 47.6. The number of rotatable bonds is 8. The highest BCUT2D eigenvalue weighted by atomic mass is 16.5. The third-order valence-electron chi connectivity index (χ3n) is 4.29. The highest BCUT2D eigenvalue weighted by molar-refractivity contribution is 6.01. The molecule has 0 unspecified atom stereocenters. The van der Waals surface area contributed by atoms with Gasteiger partial charge in [0, 0.05) is 5.56 Å². The topological polar surface area (TPSA) is 97.7 Å². The minimum absolute atomic E-state index is 0.0366. The Morgan fingerprint density at radius 3 is 2.03 bits per heavy atom. The molecule has 0 saturated heterocycles. The molecule has 0 heterocycles. The van der Waals surface area contributed by atoms with Crippen molar-refractivity contribution in [3.05, 3.63) is 76.4 Å². The molecule has 0 radical (unpaired) electrons. The van der Waals surface area contributed by atoms with Crippen LogP contribution in [0.5, 0.6) is 5.75 Å². The maximum atomic E-state index is 12.5. The van der Waals surface area contributed by atoms with Crippen molar-refractivity contribution in [1.29, 1.82) is 0 Å². The summed E-state index contributed by atoms with van der Waals surface area (Å²) in [6, 6.07) is 8.53. The van der Waals surface area contributed by atoms with Crippen LogP contribution < -0.4 is 4.74 Å². The van der Waals surface area contributed by atoms with Gasteiger partial charge in [-0.05, 0) is 56.5 Å². The van der Waals surface area contributed by atoms with Crippen LogP contribution in [0.3, 0.4) is 0 Å². The number of benzene rings is 2. The molecule has 0 aliphatic carbocycles. The van der Waals surface area contributed by atoms with E-state index in [0.29, 0.717) is 17.5 Å². The van der Waals surface area contributed by atoms with Crippen LogP contribution in [0, 0.1) is 0 Å². The maximum Gasteiger partial charge on any atom is 0.343 e. The zero-order valence-corrected chi connectivity index (χ0v) is 16.5. The van der Waals surface area contributed by atoms with Crippen molar-refractivity contribution in [2.24, 2.45) is 0 Å². The average Bonchev–Trinajstić information content (AvgIpc) is 2.68. The molecule has 0 aliphatic rings. The number of Topliss-reactive ketones (excluding diaryl/α,β-unsaturated/α-hetero) is 2. The first-order valence-corrected chi connectivity index (χ1v) is 9.13. The lowest BCUT2D eigenvalue weighted by atomic mass is 9.98. The number of hydrogen-bond acceptors (Lipinski definition) is 5. The van der Waals surface area contributed by atoms with Crippen LogP contribution >= 0.6 is 0 Å². The van der Waals surface area contributed by atoms with Crippen molar-refractivity contribution < 1.29 is 29.0 Å². The molecule has 6 nitrogen and oxygen atoms in total. The van der Waals surface area contributed by atoms with Crippen LogP contribution in [-0.2, 0) is 6.42 Å². The SMILES string of the molecule is CC/C=C/Cc1cc(C(C)=O)c(OC(=O)c2ccc(C(C)=O)cc2)cc1C(=O)O. The zero-order chi connectivity index (χ0) is 21.6. The molecule has 2 aromatic carbocycles. The molecule has 0 amide bonds. The van der Waals surface area contributed by atoms with Crippen LogP contribution in [0.2, 0.25) is 0 Å². The van der Waals surface area contributed by atoms with E-state index in [9.17, 15) is 24.3 Å². The van der Waals surface area contributed by atoms with E-state index in [1.165, 1.54) is 50.2 Å². The van der Waals surface area contributed by atoms with Crippen LogP contribution in [-0.4, -0.2) is 28.6 Å². The molecule has 0 bridgehead atoms. The fraction of sp³-hybridized carbons (Fsp3) is 0.217. The van der Waals surface area contributed by atoms with Gasteiger partial charge in [0.2, 0.25) is 0 Å². The molecule has 0 spiro atoms. The standard InChI is InChI=1S/C23H22O6/c1-4-5-6-7-18-12-19(15(3)25)21(13-20(18)22(26)27)29-23(28)17-10-8-16(9-11-17)14(2)24/h5-6,8-13H,4,7H2,1-3H3,(H,26,27)/b6-5+. The lowest BCUT2D eigenvalue weighted by Gasteiger charge is -2.13. The molecule has 0 fully saturated rings.